The standard InChI is InChI=1S/C15H19ClF3N3O/c16-12-13(9-6-7-9)22(21-14(12)15(17,18)19)8-11(23)20-10-4-2-1-3-5-10/h9-10H,1-8H2,(H,20,23). The number of carbonyl (C=O) groups is 1. The lowest BCUT2D eigenvalue weighted by atomic mass is 9.95. The van der Waals surface area contributed by atoms with Gasteiger partial charge < -0.3 is 5.32 Å². The number of amides is 1. The van der Waals surface area contributed by atoms with E-state index in [2.05, 4.69) is 10.4 Å². The molecular weight excluding hydrogens is 331 g/mol. The number of rotatable bonds is 4. The number of halogens is 4. The third-order valence-electron chi connectivity index (χ3n) is 4.43. The fourth-order valence-corrected chi connectivity index (χ4v) is 3.55. The Kier molecular flexibility index (Phi) is 4.58. The van der Waals surface area contributed by atoms with Crippen LogP contribution in [-0.2, 0) is 17.5 Å². The molecule has 2 fully saturated rings. The normalized spacial score (nSPS) is 19.8. The second-order valence-electron chi connectivity index (χ2n) is 6.38. The summed E-state index contributed by atoms with van der Waals surface area (Å²) in [6, 6.07) is 0.119. The van der Waals surface area contributed by atoms with Crippen LogP contribution >= 0.6 is 11.6 Å². The molecule has 8 heteroatoms. The summed E-state index contributed by atoms with van der Waals surface area (Å²) >= 11 is 5.89. The first-order valence-electron chi connectivity index (χ1n) is 7.99. The molecule has 0 spiro atoms. The average molecular weight is 350 g/mol. The zero-order chi connectivity index (χ0) is 16.6. The average Bonchev–Trinajstić information content (AvgIpc) is 3.24. The molecule has 0 aliphatic heterocycles. The maximum absolute atomic E-state index is 13.0. The number of nitrogens with one attached hydrogen (secondary N) is 1. The summed E-state index contributed by atoms with van der Waals surface area (Å²) in [5, 5.41) is 6.12. The highest BCUT2D eigenvalue weighted by Gasteiger charge is 2.42. The van der Waals surface area contributed by atoms with E-state index in [1.807, 2.05) is 0 Å². The maximum Gasteiger partial charge on any atom is 0.436 e. The van der Waals surface area contributed by atoms with Crippen molar-refractivity contribution in [2.45, 2.75) is 69.6 Å². The van der Waals surface area contributed by atoms with Gasteiger partial charge in [0.2, 0.25) is 5.91 Å². The molecule has 0 bridgehead atoms. The van der Waals surface area contributed by atoms with Gasteiger partial charge in [0.25, 0.3) is 0 Å². The van der Waals surface area contributed by atoms with Crippen molar-refractivity contribution in [1.29, 1.82) is 0 Å². The minimum absolute atomic E-state index is 0.0198. The van der Waals surface area contributed by atoms with Gasteiger partial charge >= 0.3 is 6.18 Å². The molecule has 0 aromatic carbocycles. The first kappa shape index (κ1) is 16.6. The van der Waals surface area contributed by atoms with E-state index in [9.17, 15) is 18.0 Å². The molecule has 4 nitrogen and oxygen atoms in total. The van der Waals surface area contributed by atoms with Gasteiger partial charge in [-0.15, -0.1) is 0 Å². The molecule has 1 aromatic rings. The Labute approximate surface area is 137 Å². The van der Waals surface area contributed by atoms with Crippen molar-refractivity contribution in [2.75, 3.05) is 0 Å². The molecule has 128 valence electrons. The van der Waals surface area contributed by atoms with E-state index in [0.29, 0.717) is 5.69 Å². The Morgan fingerprint density at radius 1 is 1.22 bits per heavy atom. The van der Waals surface area contributed by atoms with Crippen molar-refractivity contribution in [3.8, 4) is 0 Å². The zero-order valence-corrected chi connectivity index (χ0v) is 13.4. The van der Waals surface area contributed by atoms with Crippen molar-refractivity contribution in [2.24, 2.45) is 0 Å². The smallest absolute Gasteiger partial charge is 0.352 e. The zero-order valence-electron chi connectivity index (χ0n) is 12.6. The monoisotopic (exact) mass is 349 g/mol. The molecule has 3 rings (SSSR count). The van der Waals surface area contributed by atoms with Gasteiger partial charge in [-0.3, -0.25) is 9.48 Å². The van der Waals surface area contributed by atoms with Crippen molar-refractivity contribution >= 4 is 17.5 Å². The molecule has 0 atom stereocenters. The van der Waals surface area contributed by atoms with Crippen molar-refractivity contribution in [3.63, 3.8) is 0 Å². The second kappa shape index (κ2) is 6.34. The Bertz CT molecular complexity index is 590. The van der Waals surface area contributed by atoms with E-state index in [0.717, 1.165) is 43.2 Å². The van der Waals surface area contributed by atoms with Gasteiger partial charge in [-0.25, -0.2) is 0 Å². The highest BCUT2D eigenvalue weighted by molar-refractivity contribution is 6.32. The van der Waals surface area contributed by atoms with Gasteiger partial charge in [0.15, 0.2) is 5.69 Å². The summed E-state index contributed by atoms with van der Waals surface area (Å²) in [5.41, 5.74) is -0.746. The van der Waals surface area contributed by atoms with E-state index in [-0.39, 0.29) is 29.4 Å². The maximum atomic E-state index is 13.0. The molecular formula is C15H19ClF3N3O. The number of hydrogen-bond donors (Lipinski definition) is 1. The topological polar surface area (TPSA) is 46.9 Å². The number of carbonyl (C=O) groups excluding carboxylic acids is 1. The van der Waals surface area contributed by atoms with Crippen LogP contribution in [0.3, 0.4) is 0 Å². The van der Waals surface area contributed by atoms with Crippen LogP contribution in [0.2, 0.25) is 5.02 Å². The van der Waals surface area contributed by atoms with Crippen LogP contribution < -0.4 is 5.32 Å². The van der Waals surface area contributed by atoms with E-state index >= 15 is 0 Å². The molecule has 2 saturated carbocycles. The number of hydrogen-bond acceptors (Lipinski definition) is 2. The van der Waals surface area contributed by atoms with Gasteiger partial charge in [-0.05, 0) is 25.7 Å². The molecule has 0 radical (unpaired) electrons. The molecule has 2 aliphatic rings. The van der Waals surface area contributed by atoms with E-state index in [1.54, 1.807) is 0 Å². The minimum Gasteiger partial charge on any atom is -0.352 e. The Morgan fingerprint density at radius 2 is 1.87 bits per heavy atom. The quantitative estimate of drug-likeness (QED) is 0.896. The summed E-state index contributed by atoms with van der Waals surface area (Å²) in [5.74, 6) is -0.319. The van der Waals surface area contributed by atoms with E-state index in [4.69, 9.17) is 11.6 Å². The predicted octanol–water partition coefficient (Wildman–Crippen LogP) is 3.88. The Hall–Kier alpha value is -1.24. The lowest BCUT2D eigenvalue weighted by molar-refractivity contribution is -0.141. The summed E-state index contributed by atoms with van der Waals surface area (Å²) < 4.78 is 40.1. The SMILES string of the molecule is O=C(Cn1nc(C(F)(F)F)c(Cl)c1C1CC1)NC1CCCCC1. The molecule has 1 aromatic heterocycles. The lowest BCUT2D eigenvalue weighted by Crippen LogP contribution is -2.38. The fourth-order valence-electron chi connectivity index (χ4n) is 3.16. The summed E-state index contributed by atoms with van der Waals surface area (Å²) in [7, 11) is 0. The van der Waals surface area contributed by atoms with Crippen LogP contribution in [0.15, 0.2) is 0 Å². The fraction of sp³-hybridized carbons (Fsp3) is 0.733. The highest BCUT2D eigenvalue weighted by atomic mass is 35.5. The molecule has 1 heterocycles. The number of alkyl halides is 3. The van der Waals surface area contributed by atoms with Crippen molar-refractivity contribution < 1.29 is 18.0 Å². The number of nitrogens with zero attached hydrogens (tertiary/aromatic N) is 2. The molecule has 1 amide bonds. The Morgan fingerprint density at radius 3 is 2.43 bits per heavy atom. The predicted molar refractivity (Wildman–Crippen MR) is 79.2 cm³/mol. The first-order valence-corrected chi connectivity index (χ1v) is 8.37. The second-order valence-corrected chi connectivity index (χ2v) is 6.76. The van der Waals surface area contributed by atoms with Crippen molar-refractivity contribution in [3.05, 3.63) is 16.4 Å². The van der Waals surface area contributed by atoms with Crippen LogP contribution in [0.1, 0.15) is 62.3 Å². The Balaban J connectivity index is 1.75. The summed E-state index contributed by atoms with van der Waals surface area (Å²) in [6.07, 6.45) is 2.13. The number of aromatic nitrogens is 2. The first-order chi connectivity index (χ1) is 10.9. The molecule has 2 aliphatic carbocycles. The minimum atomic E-state index is -4.61. The lowest BCUT2D eigenvalue weighted by Gasteiger charge is -2.22. The van der Waals surface area contributed by atoms with Gasteiger partial charge in [-0.2, -0.15) is 18.3 Å². The summed E-state index contributed by atoms with van der Waals surface area (Å²) in [4.78, 5) is 12.1. The molecule has 0 unspecified atom stereocenters. The van der Waals surface area contributed by atoms with Crippen molar-refractivity contribution in [1.82, 2.24) is 15.1 Å². The van der Waals surface area contributed by atoms with Crippen LogP contribution in [0.4, 0.5) is 13.2 Å². The van der Waals surface area contributed by atoms with Gasteiger partial charge in [0.1, 0.15) is 6.54 Å². The molecule has 23 heavy (non-hydrogen) atoms. The summed E-state index contributed by atoms with van der Waals surface area (Å²) in [6.45, 7) is -0.210. The van der Waals surface area contributed by atoms with E-state index in [1.165, 1.54) is 6.42 Å². The van der Waals surface area contributed by atoms with E-state index < -0.39 is 11.9 Å². The van der Waals surface area contributed by atoms with Gasteiger partial charge in [0, 0.05) is 12.0 Å². The van der Waals surface area contributed by atoms with Crippen LogP contribution in [-0.4, -0.2) is 21.7 Å². The van der Waals surface area contributed by atoms with Crippen LogP contribution in [0, 0.1) is 0 Å². The highest BCUT2D eigenvalue weighted by Crippen LogP contribution is 2.46. The van der Waals surface area contributed by atoms with Crippen LogP contribution in [0.25, 0.3) is 0 Å². The van der Waals surface area contributed by atoms with Gasteiger partial charge in [-0.1, -0.05) is 30.9 Å². The van der Waals surface area contributed by atoms with Gasteiger partial charge in [0.05, 0.1) is 10.7 Å². The largest absolute Gasteiger partial charge is 0.436 e. The van der Waals surface area contributed by atoms with Crippen LogP contribution in [0.5, 0.6) is 0 Å². The third-order valence-corrected chi connectivity index (χ3v) is 4.80. The molecule has 0 saturated heterocycles. The third kappa shape index (κ3) is 3.82. The molecule has 1 N–H and O–H groups in total.